The fourth-order valence-electron chi connectivity index (χ4n) is 2.93. The number of ether oxygens (including phenoxy) is 1. The second-order valence-corrected chi connectivity index (χ2v) is 6.46. The Morgan fingerprint density at radius 3 is 2.73 bits per heavy atom. The van der Waals surface area contributed by atoms with Gasteiger partial charge >= 0.3 is 12.1 Å². The van der Waals surface area contributed by atoms with Crippen molar-refractivity contribution in [3.63, 3.8) is 0 Å². The highest BCUT2D eigenvalue weighted by Gasteiger charge is 2.25. The Kier molecular flexibility index (Phi) is 7.42. The summed E-state index contributed by atoms with van der Waals surface area (Å²) < 4.78 is 42.1. The number of ketones is 1. The van der Waals surface area contributed by atoms with E-state index >= 15 is 0 Å². The van der Waals surface area contributed by atoms with Crippen molar-refractivity contribution in [3.05, 3.63) is 48.1 Å². The van der Waals surface area contributed by atoms with Gasteiger partial charge in [-0.3, -0.25) is 9.59 Å². The smallest absolute Gasteiger partial charge is 0.392 e. The van der Waals surface area contributed by atoms with Crippen LogP contribution >= 0.6 is 0 Å². The normalized spacial score (nSPS) is 28.5. The molecule has 0 spiro atoms. The third-order valence-corrected chi connectivity index (χ3v) is 4.29. The van der Waals surface area contributed by atoms with Crippen LogP contribution in [-0.4, -0.2) is 24.0 Å². The number of esters is 1. The molecule has 1 aliphatic heterocycles. The number of hydrogen-bond donors (Lipinski definition) is 0. The lowest BCUT2D eigenvalue weighted by molar-refractivity contribution is -0.149. The summed E-state index contributed by atoms with van der Waals surface area (Å²) in [6.45, 7) is 0. The first-order valence-corrected chi connectivity index (χ1v) is 8.84. The fraction of sp³-hybridized carbons (Fsp3) is 0.500. The van der Waals surface area contributed by atoms with Crippen LogP contribution in [0.25, 0.3) is 0 Å². The molecule has 2 rings (SSSR count). The number of rotatable bonds is 3. The van der Waals surface area contributed by atoms with Crippen LogP contribution in [0.4, 0.5) is 13.2 Å². The zero-order chi connectivity index (χ0) is 19.0. The van der Waals surface area contributed by atoms with E-state index in [1.54, 1.807) is 12.2 Å². The van der Waals surface area contributed by atoms with Crippen molar-refractivity contribution in [1.82, 2.24) is 0 Å². The Bertz CT molecular complexity index is 627. The quantitative estimate of drug-likeness (QED) is 0.520. The monoisotopic (exact) mass is 368 g/mol. The highest BCUT2D eigenvalue weighted by Crippen LogP contribution is 2.27. The average Bonchev–Trinajstić information content (AvgIpc) is 2.91. The summed E-state index contributed by atoms with van der Waals surface area (Å²) in [5.41, 5.74) is 0.661. The molecule has 142 valence electrons. The molecule has 6 heteroatoms. The molecule has 0 radical (unpaired) electrons. The predicted molar refractivity (Wildman–Crippen MR) is 92.3 cm³/mol. The molecule has 0 aromatic heterocycles. The Morgan fingerprint density at radius 1 is 1.15 bits per heavy atom. The van der Waals surface area contributed by atoms with E-state index in [9.17, 15) is 22.8 Å². The highest BCUT2D eigenvalue weighted by molar-refractivity contribution is 6.07. The second kappa shape index (κ2) is 9.55. The van der Waals surface area contributed by atoms with Gasteiger partial charge < -0.3 is 4.74 Å². The Morgan fingerprint density at radius 2 is 1.96 bits per heavy atom. The van der Waals surface area contributed by atoms with Crippen LogP contribution < -0.4 is 0 Å². The number of carbonyl (C=O) groups excluding carboxylic acids is 2. The summed E-state index contributed by atoms with van der Waals surface area (Å²) in [7, 11) is 0. The van der Waals surface area contributed by atoms with Crippen molar-refractivity contribution in [3.8, 4) is 0 Å². The lowest BCUT2D eigenvalue weighted by Crippen LogP contribution is -2.17. The molecule has 0 amide bonds. The van der Waals surface area contributed by atoms with Gasteiger partial charge in [-0.05, 0) is 25.3 Å². The molecular formula is C20H23F3O3. The molecule has 2 atom stereocenters. The first kappa shape index (κ1) is 20.2. The fourth-order valence-corrected chi connectivity index (χ4v) is 2.93. The highest BCUT2D eigenvalue weighted by atomic mass is 19.4. The van der Waals surface area contributed by atoms with Crippen LogP contribution in [-0.2, 0) is 14.3 Å². The Hall–Kier alpha value is -2.11. The lowest BCUT2D eigenvalue weighted by Gasteiger charge is -2.16. The van der Waals surface area contributed by atoms with Crippen molar-refractivity contribution < 1.29 is 27.5 Å². The van der Waals surface area contributed by atoms with Crippen LogP contribution in [0, 0.1) is 5.92 Å². The molecule has 0 saturated carbocycles. The molecule has 26 heavy (non-hydrogen) atoms. The second-order valence-electron chi connectivity index (χ2n) is 6.46. The van der Waals surface area contributed by atoms with Crippen molar-refractivity contribution in [2.75, 3.05) is 0 Å². The van der Waals surface area contributed by atoms with E-state index in [0.29, 0.717) is 18.4 Å². The number of allylic oxidation sites excluding steroid dienone is 6. The predicted octanol–water partition coefficient (Wildman–Crippen LogP) is 5.00. The Balaban J connectivity index is 2.07. The largest absolute Gasteiger partial charge is 0.462 e. The van der Waals surface area contributed by atoms with E-state index in [-0.39, 0.29) is 30.5 Å². The number of alkyl halides is 3. The summed E-state index contributed by atoms with van der Waals surface area (Å²) in [5.74, 6) is -0.412. The minimum absolute atomic E-state index is 0.0108. The zero-order valence-corrected chi connectivity index (χ0v) is 14.5. The van der Waals surface area contributed by atoms with Crippen LogP contribution in [0.3, 0.4) is 0 Å². The van der Waals surface area contributed by atoms with E-state index in [4.69, 9.17) is 4.74 Å². The molecule has 0 fully saturated rings. The third-order valence-electron chi connectivity index (χ3n) is 4.29. The van der Waals surface area contributed by atoms with Crippen LogP contribution in [0.15, 0.2) is 48.1 Å². The molecule has 0 aromatic rings. The van der Waals surface area contributed by atoms with Gasteiger partial charge in [-0.2, -0.15) is 13.2 Å². The van der Waals surface area contributed by atoms with E-state index in [1.165, 1.54) is 6.08 Å². The molecular weight excluding hydrogens is 345 g/mol. The van der Waals surface area contributed by atoms with Gasteiger partial charge in [0.1, 0.15) is 6.10 Å². The molecule has 0 bridgehead atoms. The number of carbonyl (C=O) groups is 2. The van der Waals surface area contributed by atoms with E-state index in [2.05, 4.69) is 0 Å². The van der Waals surface area contributed by atoms with Gasteiger partial charge in [-0.25, -0.2) is 0 Å². The molecule has 1 unspecified atom stereocenters. The number of hydrogen-bond acceptors (Lipinski definition) is 3. The number of cyclic esters (lactones) is 1. The van der Waals surface area contributed by atoms with Gasteiger partial charge in [0.25, 0.3) is 0 Å². The van der Waals surface area contributed by atoms with Crippen molar-refractivity contribution >= 4 is 11.8 Å². The minimum atomic E-state index is -4.25. The summed E-state index contributed by atoms with van der Waals surface area (Å²) >= 11 is 0. The summed E-state index contributed by atoms with van der Waals surface area (Å²) in [6.07, 6.45) is 8.67. The molecule has 0 saturated heterocycles. The van der Waals surface area contributed by atoms with Gasteiger partial charge in [0.2, 0.25) is 0 Å². The number of halogens is 3. The SMILES string of the molecule is O=C1CCC/C=C\C[C@H]2C=CC(=O)/C2=C/CC(C/C=C\CC(F)(F)F)O1. The standard InChI is InChI=1S/C20H23F3O3/c21-20(22,23)14-6-5-8-16-11-12-17-15(10-13-18(17)24)7-3-1-2-4-9-19(25)26-16/h1,3,5-6,10,12-13,15-16H,2,4,7-9,11,14H2/b3-1-,6-5-,17-12+/t15-,16?/m0/s1. The molecule has 2 aliphatic rings. The average molecular weight is 368 g/mol. The summed E-state index contributed by atoms with van der Waals surface area (Å²) in [5, 5.41) is 0. The zero-order valence-electron chi connectivity index (χ0n) is 14.5. The van der Waals surface area contributed by atoms with Gasteiger partial charge in [0.15, 0.2) is 5.78 Å². The van der Waals surface area contributed by atoms with Gasteiger partial charge in [-0.1, -0.05) is 36.5 Å². The van der Waals surface area contributed by atoms with E-state index in [0.717, 1.165) is 18.9 Å². The van der Waals surface area contributed by atoms with Gasteiger partial charge in [0.05, 0.1) is 6.42 Å². The molecule has 0 N–H and O–H groups in total. The molecule has 1 heterocycles. The maximum Gasteiger partial charge on any atom is 0.392 e. The van der Waals surface area contributed by atoms with Crippen LogP contribution in [0.2, 0.25) is 0 Å². The topological polar surface area (TPSA) is 43.4 Å². The van der Waals surface area contributed by atoms with E-state index in [1.807, 2.05) is 18.2 Å². The maximum atomic E-state index is 12.2. The minimum Gasteiger partial charge on any atom is -0.462 e. The molecule has 0 aromatic carbocycles. The van der Waals surface area contributed by atoms with Crippen LogP contribution in [0.1, 0.15) is 44.9 Å². The van der Waals surface area contributed by atoms with Gasteiger partial charge in [-0.15, -0.1) is 0 Å². The van der Waals surface area contributed by atoms with Gasteiger partial charge in [0, 0.05) is 30.8 Å². The first-order valence-electron chi connectivity index (χ1n) is 8.84. The van der Waals surface area contributed by atoms with Crippen LogP contribution in [0.5, 0.6) is 0 Å². The molecule has 1 aliphatic carbocycles. The first-order chi connectivity index (χ1) is 12.3. The maximum absolute atomic E-state index is 12.2. The third kappa shape index (κ3) is 7.02. The van der Waals surface area contributed by atoms with Crippen molar-refractivity contribution in [1.29, 1.82) is 0 Å². The van der Waals surface area contributed by atoms with Crippen molar-refractivity contribution in [2.24, 2.45) is 5.92 Å². The summed E-state index contributed by atoms with van der Waals surface area (Å²) in [4.78, 5) is 23.9. The molecule has 3 nitrogen and oxygen atoms in total. The number of fused-ring (bicyclic) bond motifs is 1. The lowest BCUT2D eigenvalue weighted by atomic mass is 9.96. The summed E-state index contributed by atoms with van der Waals surface area (Å²) in [6, 6.07) is 0. The Labute approximate surface area is 151 Å². The van der Waals surface area contributed by atoms with E-state index < -0.39 is 18.7 Å². The van der Waals surface area contributed by atoms with Crippen molar-refractivity contribution in [2.45, 2.75) is 57.2 Å².